The Bertz CT molecular complexity index is 194. The average molecular weight is 225 g/mol. The third-order valence-corrected chi connectivity index (χ3v) is 2.85. The summed E-state index contributed by atoms with van der Waals surface area (Å²) in [6, 6.07) is 1.27. The van der Waals surface area contributed by atoms with Gasteiger partial charge in [-0.1, -0.05) is 13.0 Å². The molecule has 0 bridgehead atoms. The van der Waals surface area contributed by atoms with Crippen molar-refractivity contribution in [1.29, 1.82) is 0 Å². The van der Waals surface area contributed by atoms with E-state index in [0.29, 0.717) is 18.0 Å². The molecule has 0 saturated carbocycles. The number of halogens is 2. The second kappa shape index (κ2) is 5.20. The molecule has 2 N–H and O–H groups in total. The van der Waals surface area contributed by atoms with Crippen LogP contribution in [0, 0.1) is 5.92 Å². The molecule has 0 spiro atoms. The Morgan fingerprint density at radius 1 is 1.31 bits per heavy atom. The van der Waals surface area contributed by atoms with E-state index in [4.69, 9.17) is 0 Å². The Kier molecular flexibility index (Phi) is 5.30. The van der Waals surface area contributed by atoms with Gasteiger partial charge in [-0.15, -0.1) is 24.8 Å². The van der Waals surface area contributed by atoms with Gasteiger partial charge in [-0.2, -0.15) is 0 Å². The Morgan fingerprint density at radius 2 is 2.00 bits per heavy atom. The molecule has 2 rings (SSSR count). The minimum Gasteiger partial charge on any atom is -0.311 e. The fraction of sp³-hybridized carbons (Fsp3) is 0.778. The molecular weight excluding hydrogens is 207 g/mol. The van der Waals surface area contributed by atoms with Crippen LogP contribution in [0.25, 0.3) is 0 Å². The SMILES string of the molecule is CC1C=C2CNCC2NC1C.Cl.Cl. The highest BCUT2D eigenvalue weighted by molar-refractivity contribution is 5.85. The van der Waals surface area contributed by atoms with Crippen LogP contribution in [0.15, 0.2) is 11.6 Å². The van der Waals surface area contributed by atoms with Gasteiger partial charge in [0, 0.05) is 25.2 Å². The third kappa shape index (κ3) is 2.59. The summed E-state index contributed by atoms with van der Waals surface area (Å²) < 4.78 is 0. The maximum absolute atomic E-state index is 3.60. The quantitative estimate of drug-likeness (QED) is 0.608. The molecule has 1 saturated heterocycles. The van der Waals surface area contributed by atoms with Gasteiger partial charge in [-0.3, -0.25) is 0 Å². The highest BCUT2D eigenvalue weighted by Crippen LogP contribution is 2.20. The zero-order valence-corrected chi connectivity index (χ0v) is 9.67. The second-order valence-corrected chi connectivity index (χ2v) is 3.74. The van der Waals surface area contributed by atoms with E-state index >= 15 is 0 Å². The van der Waals surface area contributed by atoms with Gasteiger partial charge in [0.2, 0.25) is 0 Å². The van der Waals surface area contributed by atoms with Crippen molar-refractivity contribution in [2.75, 3.05) is 13.1 Å². The molecule has 0 aliphatic carbocycles. The summed E-state index contributed by atoms with van der Waals surface area (Å²) >= 11 is 0. The van der Waals surface area contributed by atoms with Crippen molar-refractivity contribution in [3.63, 3.8) is 0 Å². The van der Waals surface area contributed by atoms with Crippen LogP contribution in [0.5, 0.6) is 0 Å². The molecule has 2 aliphatic rings. The summed E-state index contributed by atoms with van der Waals surface area (Å²) in [7, 11) is 0. The molecular formula is C9H18Cl2N2. The summed E-state index contributed by atoms with van der Waals surface area (Å²) in [4.78, 5) is 0. The van der Waals surface area contributed by atoms with Crippen LogP contribution >= 0.6 is 24.8 Å². The van der Waals surface area contributed by atoms with Crippen LogP contribution in [0.1, 0.15) is 13.8 Å². The van der Waals surface area contributed by atoms with Crippen molar-refractivity contribution in [3.8, 4) is 0 Å². The zero-order chi connectivity index (χ0) is 7.84. The molecule has 0 amide bonds. The molecule has 3 unspecified atom stereocenters. The van der Waals surface area contributed by atoms with E-state index in [-0.39, 0.29) is 24.8 Å². The maximum atomic E-state index is 3.60. The first-order chi connectivity index (χ1) is 5.27. The Morgan fingerprint density at radius 3 is 2.69 bits per heavy atom. The van der Waals surface area contributed by atoms with Gasteiger partial charge in [0.15, 0.2) is 0 Å². The molecule has 4 heteroatoms. The summed E-state index contributed by atoms with van der Waals surface area (Å²) in [5.74, 6) is 0.696. The molecule has 1 fully saturated rings. The van der Waals surface area contributed by atoms with E-state index in [1.165, 1.54) is 0 Å². The standard InChI is InChI=1S/C9H16N2.2ClH/c1-6-3-8-4-10-5-9(8)11-7(6)2;;/h3,6-7,9-11H,4-5H2,1-2H3;2*1H. The first-order valence-electron chi connectivity index (χ1n) is 4.44. The third-order valence-electron chi connectivity index (χ3n) is 2.85. The Balaban J connectivity index is 0.000000720. The van der Waals surface area contributed by atoms with Crippen molar-refractivity contribution in [2.45, 2.75) is 25.9 Å². The van der Waals surface area contributed by atoms with Gasteiger partial charge < -0.3 is 10.6 Å². The molecule has 2 aliphatic heterocycles. The van der Waals surface area contributed by atoms with Crippen molar-refractivity contribution in [3.05, 3.63) is 11.6 Å². The lowest BCUT2D eigenvalue weighted by atomic mass is 9.93. The normalized spacial score (nSPS) is 36.8. The summed E-state index contributed by atoms with van der Waals surface area (Å²) in [5.41, 5.74) is 1.57. The number of hydrogen-bond acceptors (Lipinski definition) is 2. The lowest BCUT2D eigenvalue weighted by molar-refractivity contribution is 0.404. The Labute approximate surface area is 92.4 Å². The predicted octanol–water partition coefficient (Wildman–Crippen LogP) is 1.36. The summed E-state index contributed by atoms with van der Waals surface area (Å²) in [6.45, 7) is 6.74. The maximum Gasteiger partial charge on any atom is 0.0420 e. The van der Waals surface area contributed by atoms with Gasteiger partial charge in [-0.05, 0) is 18.4 Å². The summed E-state index contributed by atoms with van der Waals surface area (Å²) in [5, 5.41) is 6.97. The van der Waals surface area contributed by atoms with E-state index in [0.717, 1.165) is 13.1 Å². The number of rotatable bonds is 0. The first kappa shape index (κ1) is 13.2. The van der Waals surface area contributed by atoms with Crippen molar-refractivity contribution >= 4 is 24.8 Å². The molecule has 0 radical (unpaired) electrons. The van der Waals surface area contributed by atoms with Crippen LogP contribution in [0.3, 0.4) is 0 Å². The molecule has 78 valence electrons. The van der Waals surface area contributed by atoms with Crippen LogP contribution < -0.4 is 10.6 Å². The minimum absolute atomic E-state index is 0. The van der Waals surface area contributed by atoms with E-state index < -0.39 is 0 Å². The number of fused-ring (bicyclic) bond motifs is 1. The molecule has 2 heterocycles. The van der Waals surface area contributed by atoms with Crippen molar-refractivity contribution in [1.82, 2.24) is 10.6 Å². The second-order valence-electron chi connectivity index (χ2n) is 3.74. The average Bonchev–Trinajstić information content (AvgIpc) is 2.36. The highest BCUT2D eigenvalue weighted by atomic mass is 35.5. The topological polar surface area (TPSA) is 24.1 Å². The number of nitrogens with one attached hydrogen (secondary N) is 2. The minimum atomic E-state index is 0. The summed E-state index contributed by atoms with van der Waals surface area (Å²) in [6.07, 6.45) is 2.42. The molecule has 13 heavy (non-hydrogen) atoms. The molecule has 0 aromatic carbocycles. The molecule has 0 aromatic heterocycles. The lowest BCUT2D eigenvalue weighted by Crippen LogP contribution is -2.44. The fourth-order valence-corrected chi connectivity index (χ4v) is 1.91. The fourth-order valence-electron chi connectivity index (χ4n) is 1.91. The van der Waals surface area contributed by atoms with Gasteiger partial charge in [-0.25, -0.2) is 0 Å². The number of hydrogen-bond donors (Lipinski definition) is 2. The highest BCUT2D eigenvalue weighted by Gasteiger charge is 2.27. The van der Waals surface area contributed by atoms with Crippen LogP contribution in [-0.2, 0) is 0 Å². The van der Waals surface area contributed by atoms with Crippen molar-refractivity contribution < 1.29 is 0 Å². The van der Waals surface area contributed by atoms with Crippen LogP contribution in [0.4, 0.5) is 0 Å². The van der Waals surface area contributed by atoms with E-state index in [9.17, 15) is 0 Å². The first-order valence-corrected chi connectivity index (χ1v) is 4.44. The monoisotopic (exact) mass is 224 g/mol. The van der Waals surface area contributed by atoms with Crippen molar-refractivity contribution in [2.24, 2.45) is 5.92 Å². The molecule has 3 atom stereocenters. The smallest absolute Gasteiger partial charge is 0.0420 e. The van der Waals surface area contributed by atoms with Gasteiger partial charge in [0.25, 0.3) is 0 Å². The van der Waals surface area contributed by atoms with Gasteiger partial charge in [0.05, 0.1) is 0 Å². The Hall–Kier alpha value is 0.240. The molecule has 0 aromatic rings. The largest absolute Gasteiger partial charge is 0.311 e. The zero-order valence-electron chi connectivity index (χ0n) is 8.04. The molecule has 2 nitrogen and oxygen atoms in total. The van der Waals surface area contributed by atoms with Crippen LogP contribution in [0.2, 0.25) is 0 Å². The lowest BCUT2D eigenvalue weighted by Gasteiger charge is -2.29. The van der Waals surface area contributed by atoms with E-state index in [1.54, 1.807) is 5.57 Å². The van der Waals surface area contributed by atoms with Crippen LogP contribution in [-0.4, -0.2) is 25.2 Å². The van der Waals surface area contributed by atoms with E-state index in [2.05, 4.69) is 30.6 Å². The van der Waals surface area contributed by atoms with E-state index in [1.807, 2.05) is 0 Å². The predicted molar refractivity (Wildman–Crippen MR) is 61.0 cm³/mol. The van der Waals surface area contributed by atoms with Gasteiger partial charge in [0.1, 0.15) is 0 Å². The van der Waals surface area contributed by atoms with Gasteiger partial charge >= 0.3 is 0 Å².